The van der Waals surface area contributed by atoms with Crippen LogP contribution in [0.4, 0.5) is 0 Å². The van der Waals surface area contributed by atoms with Gasteiger partial charge in [0, 0.05) is 11.3 Å². The van der Waals surface area contributed by atoms with Gasteiger partial charge in [0.15, 0.2) is 0 Å². The second kappa shape index (κ2) is 6.73. The van der Waals surface area contributed by atoms with E-state index in [4.69, 9.17) is 5.73 Å². The summed E-state index contributed by atoms with van der Waals surface area (Å²) in [5, 5.41) is 0.937. The molecule has 0 aromatic rings. The van der Waals surface area contributed by atoms with Gasteiger partial charge in [-0.25, -0.2) is 0 Å². The van der Waals surface area contributed by atoms with Gasteiger partial charge >= 0.3 is 0 Å². The monoisotopic (exact) mass is 215 g/mol. The zero-order valence-corrected chi connectivity index (χ0v) is 10.5. The predicted molar refractivity (Wildman–Crippen MR) is 66.8 cm³/mol. The van der Waals surface area contributed by atoms with Crippen LogP contribution < -0.4 is 5.73 Å². The lowest BCUT2D eigenvalue weighted by Crippen LogP contribution is -2.19. The minimum absolute atomic E-state index is 0.382. The summed E-state index contributed by atoms with van der Waals surface area (Å²) < 4.78 is 0. The van der Waals surface area contributed by atoms with Crippen LogP contribution in [0.25, 0.3) is 0 Å². The van der Waals surface area contributed by atoms with Gasteiger partial charge in [0.2, 0.25) is 0 Å². The lowest BCUT2D eigenvalue weighted by molar-refractivity contribution is 0.357. The summed E-state index contributed by atoms with van der Waals surface area (Å²) in [7, 11) is 0. The Morgan fingerprint density at radius 2 is 2.21 bits per heavy atom. The molecule has 1 aliphatic rings. The Bertz CT molecular complexity index is 147. The van der Waals surface area contributed by atoms with Gasteiger partial charge in [-0.05, 0) is 37.9 Å². The van der Waals surface area contributed by atoms with Crippen molar-refractivity contribution in [2.45, 2.75) is 63.7 Å². The van der Waals surface area contributed by atoms with E-state index < -0.39 is 0 Å². The van der Waals surface area contributed by atoms with E-state index in [0.717, 1.165) is 11.2 Å². The molecule has 3 atom stereocenters. The van der Waals surface area contributed by atoms with Crippen molar-refractivity contribution in [3.8, 4) is 0 Å². The summed E-state index contributed by atoms with van der Waals surface area (Å²) >= 11 is 2.16. The number of rotatable bonds is 5. The minimum Gasteiger partial charge on any atom is -0.328 e. The van der Waals surface area contributed by atoms with E-state index in [-0.39, 0.29) is 0 Å². The maximum atomic E-state index is 5.75. The normalized spacial score (nSPS) is 30.2. The van der Waals surface area contributed by atoms with E-state index in [1.807, 2.05) is 0 Å². The molecule has 0 aromatic heterocycles. The molecule has 0 bridgehead atoms. The van der Waals surface area contributed by atoms with Crippen LogP contribution in [0.2, 0.25) is 0 Å². The molecule has 1 aliphatic carbocycles. The van der Waals surface area contributed by atoms with Crippen molar-refractivity contribution < 1.29 is 0 Å². The fraction of sp³-hybridized carbons (Fsp3) is 1.00. The lowest BCUT2D eigenvalue weighted by atomic mass is 9.87. The van der Waals surface area contributed by atoms with Crippen LogP contribution in [0.5, 0.6) is 0 Å². The molecule has 0 saturated heterocycles. The molecular weight excluding hydrogens is 190 g/mol. The molecule has 2 N–H and O–H groups in total. The maximum Gasteiger partial charge on any atom is 0.00497 e. The highest BCUT2D eigenvalue weighted by Crippen LogP contribution is 2.33. The molecule has 0 heterocycles. The van der Waals surface area contributed by atoms with Crippen LogP contribution in [-0.4, -0.2) is 17.0 Å². The smallest absolute Gasteiger partial charge is 0.00497 e. The largest absolute Gasteiger partial charge is 0.328 e. The molecule has 0 spiro atoms. The average molecular weight is 215 g/mol. The van der Waals surface area contributed by atoms with Gasteiger partial charge in [0.05, 0.1) is 0 Å². The Hall–Kier alpha value is 0.310. The molecule has 2 heteroatoms. The molecule has 1 rings (SSSR count). The number of hydrogen-bond acceptors (Lipinski definition) is 2. The van der Waals surface area contributed by atoms with E-state index in [9.17, 15) is 0 Å². The Kier molecular flexibility index (Phi) is 5.95. The van der Waals surface area contributed by atoms with E-state index in [2.05, 4.69) is 25.6 Å². The fourth-order valence-electron chi connectivity index (χ4n) is 2.18. The minimum atomic E-state index is 0.382. The molecule has 84 valence electrons. The predicted octanol–water partition coefficient (Wildman–Crippen LogP) is 3.43. The third-order valence-corrected chi connectivity index (χ3v) is 4.61. The van der Waals surface area contributed by atoms with Gasteiger partial charge in [0.1, 0.15) is 0 Å². The molecule has 0 radical (unpaired) electrons. The highest BCUT2D eigenvalue weighted by atomic mass is 32.2. The second-order valence-corrected chi connectivity index (χ2v) is 6.11. The Morgan fingerprint density at radius 1 is 1.43 bits per heavy atom. The quantitative estimate of drug-likeness (QED) is 0.760. The molecule has 0 aliphatic heterocycles. The first-order valence-corrected chi connectivity index (χ1v) is 7.14. The first-order valence-electron chi connectivity index (χ1n) is 6.09. The van der Waals surface area contributed by atoms with Crippen molar-refractivity contribution in [1.82, 2.24) is 0 Å². The molecular formula is C12H25NS. The second-order valence-electron chi connectivity index (χ2n) is 4.70. The van der Waals surface area contributed by atoms with Gasteiger partial charge in [-0.1, -0.05) is 26.2 Å². The van der Waals surface area contributed by atoms with Crippen LogP contribution in [0.1, 0.15) is 52.4 Å². The highest BCUT2D eigenvalue weighted by Gasteiger charge is 2.20. The van der Waals surface area contributed by atoms with Gasteiger partial charge < -0.3 is 5.73 Å². The van der Waals surface area contributed by atoms with Crippen LogP contribution in [0.15, 0.2) is 0 Å². The first-order chi connectivity index (χ1) is 6.72. The van der Waals surface area contributed by atoms with Crippen molar-refractivity contribution in [2.75, 3.05) is 5.75 Å². The number of nitrogens with two attached hydrogens (primary N) is 1. The Balaban J connectivity index is 2.11. The van der Waals surface area contributed by atoms with Gasteiger partial charge in [-0.15, -0.1) is 0 Å². The molecule has 0 amide bonds. The van der Waals surface area contributed by atoms with Crippen molar-refractivity contribution >= 4 is 11.8 Å². The highest BCUT2D eigenvalue weighted by molar-refractivity contribution is 7.99. The van der Waals surface area contributed by atoms with Gasteiger partial charge in [-0.3, -0.25) is 0 Å². The molecule has 14 heavy (non-hydrogen) atoms. The summed E-state index contributed by atoms with van der Waals surface area (Å²) in [4.78, 5) is 0. The van der Waals surface area contributed by atoms with E-state index in [1.54, 1.807) is 0 Å². The van der Waals surface area contributed by atoms with Crippen molar-refractivity contribution in [3.05, 3.63) is 0 Å². The standard InChI is InChI=1S/C12H25NS/c1-3-11-5-4-6-12(9-11)14-8-7-10(2)13/h10-12H,3-9,13H2,1-2H3. The van der Waals surface area contributed by atoms with Gasteiger partial charge in [-0.2, -0.15) is 11.8 Å². The van der Waals surface area contributed by atoms with Crippen LogP contribution in [-0.2, 0) is 0 Å². The summed E-state index contributed by atoms with van der Waals surface area (Å²) in [6.07, 6.45) is 8.39. The van der Waals surface area contributed by atoms with Crippen molar-refractivity contribution in [1.29, 1.82) is 0 Å². The molecule has 1 nitrogen and oxygen atoms in total. The van der Waals surface area contributed by atoms with Gasteiger partial charge in [0.25, 0.3) is 0 Å². The molecule has 1 saturated carbocycles. The third-order valence-electron chi connectivity index (χ3n) is 3.24. The Labute approximate surface area is 93.2 Å². The summed E-state index contributed by atoms with van der Waals surface area (Å²) in [5.41, 5.74) is 5.75. The summed E-state index contributed by atoms with van der Waals surface area (Å²) in [5.74, 6) is 2.27. The third kappa shape index (κ3) is 4.70. The average Bonchev–Trinajstić information content (AvgIpc) is 2.18. The molecule has 3 unspecified atom stereocenters. The van der Waals surface area contributed by atoms with Crippen LogP contribution in [0, 0.1) is 5.92 Å². The molecule has 0 aromatic carbocycles. The van der Waals surface area contributed by atoms with E-state index in [1.165, 1.54) is 44.3 Å². The van der Waals surface area contributed by atoms with Crippen LogP contribution >= 0.6 is 11.8 Å². The summed E-state index contributed by atoms with van der Waals surface area (Å²) in [6.45, 7) is 4.44. The van der Waals surface area contributed by atoms with E-state index in [0.29, 0.717) is 6.04 Å². The van der Waals surface area contributed by atoms with E-state index >= 15 is 0 Å². The zero-order chi connectivity index (χ0) is 10.4. The number of hydrogen-bond donors (Lipinski definition) is 1. The zero-order valence-electron chi connectivity index (χ0n) is 9.67. The Morgan fingerprint density at radius 3 is 2.86 bits per heavy atom. The fourth-order valence-corrected chi connectivity index (χ4v) is 3.77. The van der Waals surface area contributed by atoms with Crippen molar-refractivity contribution in [2.24, 2.45) is 11.7 Å². The van der Waals surface area contributed by atoms with Crippen molar-refractivity contribution in [3.63, 3.8) is 0 Å². The SMILES string of the molecule is CCC1CCCC(SCCC(C)N)C1. The number of thioether (sulfide) groups is 1. The maximum absolute atomic E-state index is 5.75. The summed E-state index contributed by atoms with van der Waals surface area (Å²) in [6, 6.07) is 0.382. The topological polar surface area (TPSA) is 26.0 Å². The molecule has 1 fully saturated rings. The lowest BCUT2D eigenvalue weighted by Gasteiger charge is -2.28. The first kappa shape index (κ1) is 12.4. The van der Waals surface area contributed by atoms with Crippen LogP contribution in [0.3, 0.4) is 0 Å².